The van der Waals surface area contributed by atoms with Gasteiger partial charge in [0.05, 0.1) is 11.7 Å². The van der Waals surface area contributed by atoms with Crippen LogP contribution in [0.25, 0.3) is 0 Å². The Morgan fingerprint density at radius 2 is 1.77 bits per heavy atom. The summed E-state index contributed by atoms with van der Waals surface area (Å²) >= 11 is 0. The zero-order valence-corrected chi connectivity index (χ0v) is 21.0. The van der Waals surface area contributed by atoms with E-state index in [0.29, 0.717) is 17.3 Å². The third kappa shape index (κ3) is 4.80. The molecule has 0 heterocycles. The number of hydrogen-bond donors (Lipinski definition) is 3. The average Bonchev–Trinajstić information content (AvgIpc) is 3.06. The van der Waals surface area contributed by atoms with Crippen LogP contribution < -0.4 is 0 Å². The summed E-state index contributed by atoms with van der Waals surface area (Å²) in [6.45, 7) is 11.1. The molecule has 180 valence electrons. The normalized spacial score (nSPS) is 43.5. The van der Waals surface area contributed by atoms with Crippen LogP contribution in [0.5, 0.6) is 0 Å². The van der Waals surface area contributed by atoms with Gasteiger partial charge in [-0.3, -0.25) is 0 Å². The maximum absolute atomic E-state index is 10.4. The summed E-state index contributed by atoms with van der Waals surface area (Å²) in [5.41, 5.74) is 1.67. The van der Waals surface area contributed by atoms with Crippen molar-refractivity contribution in [2.75, 3.05) is 6.61 Å². The average molecular weight is 435 g/mol. The van der Waals surface area contributed by atoms with Crippen LogP contribution >= 0.6 is 0 Å². The highest BCUT2D eigenvalue weighted by molar-refractivity contribution is 5.25. The summed E-state index contributed by atoms with van der Waals surface area (Å²) < 4.78 is 0. The van der Waals surface area contributed by atoms with Crippen LogP contribution in [0.2, 0.25) is 0 Å². The Bertz CT molecular complexity index is 626. The van der Waals surface area contributed by atoms with Gasteiger partial charge >= 0.3 is 0 Å². The standard InChI is InChI=1S/C26H44O3.C2H6/c1-24(29,15-16-27)12-4-5-18-7-9-22-21-8-6-19-17-20(28)10-13-26(19,3)23(21)11-14-25(18,22)2;1-2/h6,18,20-23,27-29H,4-5,7-17H2,1-3H3;1-2H3/t18-,20?,21-,22?,23?,24?,25?,26?;/m0./s1. The van der Waals surface area contributed by atoms with Gasteiger partial charge in [-0.15, -0.1) is 0 Å². The second-order valence-corrected chi connectivity index (χ2v) is 11.8. The molecule has 6 unspecified atom stereocenters. The topological polar surface area (TPSA) is 60.7 Å². The Kier molecular flexibility index (Phi) is 8.03. The van der Waals surface area contributed by atoms with Crippen LogP contribution in [0.15, 0.2) is 11.6 Å². The number of rotatable bonds is 6. The fourth-order valence-electron chi connectivity index (χ4n) is 8.32. The highest BCUT2D eigenvalue weighted by Gasteiger charge is 2.58. The summed E-state index contributed by atoms with van der Waals surface area (Å²) in [5.74, 6) is 3.30. The van der Waals surface area contributed by atoms with E-state index < -0.39 is 5.60 Å². The largest absolute Gasteiger partial charge is 0.396 e. The van der Waals surface area contributed by atoms with Crippen molar-refractivity contribution in [1.82, 2.24) is 0 Å². The molecule has 3 saturated carbocycles. The third-order valence-electron chi connectivity index (χ3n) is 10.2. The van der Waals surface area contributed by atoms with Crippen molar-refractivity contribution in [3.63, 3.8) is 0 Å². The molecule has 4 aliphatic rings. The van der Waals surface area contributed by atoms with E-state index >= 15 is 0 Å². The van der Waals surface area contributed by atoms with E-state index in [1.807, 2.05) is 20.8 Å². The lowest BCUT2D eigenvalue weighted by molar-refractivity contribution is -0.0518. The van der Waals surface area contributed by atoms with E-state index in [9.17, 15) is 10.2 Å². The predicted octanol–water partition coefficient (Wildman–Crippen LogP) is 6.26. The van der Waals surface area contributed by atoms with Crippen molar-refractivity contribution in [2.24, 2.45) is 34.5 Å². The van der Waals surface area contributed by atoms with Crippen LogP contribution in [0.4, 0.5) is 0 Å². The maximum atomic E-state index is 10.4. The summed E-state index contributed by atoms with van der Waals surface area (Å²) in [6, 6.07) is 0. The molecule has 3 N–H and O–H groups in total. The molecule has 3 heteroatoms. The molecule has 0 aromatic rings. The lowest BCUT2D eigenvalue weighted by atomic mass is 9.47. The van der Waals surface area contributed by atoms with Gasteiger partial charge in [0.2, 0.25) is 0 Å². The Morgan fingerprint density at radius 1 is 1.03 bits per heavy atom. The molecule has 0 aliphatic heterocycles. The molecule has 3 fully saturated rings. The van der Waals surface area contributed by atoms with E-state index in [2.05, 4.69) is 19.9 Å². The summed E-state index contributed by atoms with van der Waals surface area (Å²) in [4.78, 5) is 0. The van der Waals surface area contributed by atoms with Crippen LogP contribution in [-0.2, 0) is 0 Å². The Balaban J connectivity index is 0.00000132. The third-order valence-corrected chi connectivity index (χ3v) is 10.2. The molecule has 3 nitrogen and oxygen atoms in total. The van der Waals surface area contributed by atoms with Crippen molar-refractivity contribution < 1.29 is 15.3 Å². The van der Waals surface area contributed by atoms with Gasteiger partial charge in [0, 0.05) is 6.61 Å². The summed E-state index contributed by atoms with van der Waals surface area (Å²) in [5, 5.41) is 29.8. The van der Waals surface area contributed by atoms with Gasteiger partial charge in [0.1, 0.15) is 0 Å². The van der Waals surface area contributed by atoms with Crippen LogP contribution in [0.3, 0.4) is 0 Å². The van der Waals surface area contributed by atoms with Crippen molar-refractivity contribution in [3.8, 4) is 0 Å². The smallest absolute Gasteiger partial charge is 0.0641 e. The van der Waals surface area contributed by atoms with Gasteiger partial charge in [-0.2, -0.15) is 0 Å². The quantitative estimate of drug-likeness (QED) is 0.433. The van der Waals surface area contributed by atoms with E-state index in [4.69, 9.17) is 5.11 Å². The molecule has 31 heavy (non-hydrogen) atoms. The number of allylic oxidation sites excluding steroid dienone is 1. The summed E-state index contributed by atoms with van der Waals surface area (Å²) in [7, 11) is 0. The predicted molar refractivity (Wildman–Crippen MR) is 129 cm³/mol. The fraction of sp³-hybridized carbons (Fsp3) is 0.929. The molecule has 0 spiro atoms. The second kappa shape index (κ2) is 9.85. The van der Waals surface area contributed by atoms with Crippen LogP contribution in [0.1, 0.15) is 112 Å². The van der Waals surface area contributed by atoms with Gasteiger partial charge in [-0.05, 0) is 112 Å². The molecular formula is C28H50O3. The summed E-state index contributed by atoms with van der Waals surface area (Å²) in [6.07, 6.45) is 15.8. The minimum absolute atomic E-state index is 0.0740. The zero-order valence-electron chi connectivity index (χ0n) is 21.0. The van der Waals surface area contributed by atoms with Crippen molar-refractivity contribution in [1.29, 1.82) is 0 Å². The lowest BCUT2D eigenvalue weighted by Crippen LogP contribution is -2.50. The monoisotopic (exact) mass is 434 g/mol. The molecule has 0 saturated heterocycles. The first-order valence-corrected chi connectivity index (χ1v) is 13.4. The fourth-order valence-corrected chi connectivity index (χ4v) is 8.32. The lowest BCUT2D eigenvalue weighted by Gasteiger charge is -2.58. The SMILES string of the molecule is CC.CC(O)(CCO)CCC[C@H]1CCC2[C@@H]3CC=C4CC(O)CCC4(C)C3CCC21C. The molecule has 4 rings (SSSR count). The molecule has 0 aromatic carbocycles. The Hall–Kier alpha value is -0.380. The van der Waals surface area contributed by atoms with E-state index in [1.54, 1.807) is 5.57 Å². The second-order valence-electron chi connectivity index (χ2n) is 11.8. The minimum atomic E-state index is -0.712. The van der Waals surface area contributed by atoms with E-state index in [0.717, 1.165) is 49.4 Å². The van der Waals surface area contributed by atoms with E-state index in [1.165, 1.54) is 44.9 Å². The highest BCUT2D eigenvalue weighted by Crippen LogP contribution is 2.66. The molecule has 4 aliphatic carbocycles. The van der Waals surface area contributed by atoms with Gasteiger partial charge in [-0.25, -0.2) is 0 Å². The van der Waals surface area contributed by atoms with E-state index in [-0.39, 0.29) is 12.7 Å². The van der Waals surface area contributed by atoms with Gasteiger partial charge in [-0.1, -0.05) is 45.8 Å². The van der Waals surface area contributed by atoms with Gasteiger partial charge < -0.3 is 15.3 Å². The first-order chi connectivity index (χ1) is 14.7. The highest BCUT2D eigenvalue weighted by atomic mass is 16.3. The number of fused-ring (bicyclic) bond motifs is 5. The first kappa shape index (κ1) is 25.2. The van der Waals surface area contributed by atoms with Gasteiger partial charge in [0.15, 0.2) is 0 Å². The van der Waals surface area contributed by atoms with Crippen molar-refractivity contribution in [3.05, 3.63) is 11.6 Å². The molecule has 0 bridgehead atoms. The molecule has 0 radical (unpaired) electrons. The van der Waals surface area contributed by atoms with Crippen LogP contribution in [-0.4, -0.2) is 33.6 Å². The molecular weight excluding hydrogens is 384 g/mol. The molecule has 8 atom stereocenters. The molecule has 0 aromatic heterocycles. The van der Waals surface area contributed by atoms with Crippen molar-refractivity contribution in [2.45, 2.75) is 123 Å². The number of hydrogen-bond acceptors (Lipinski definition) is 3. The van der Waals surface area contributed by atoms with Crippen molar-refractivity contribution >= 4 is 0 Å². The minimum Gasteiger partial charge on any atom is -0.396 e. The van der Waals surface area contributed by atoms with Crippen LogP contribution in [0, 0.1) is 34.5 Å². The first-order valence-electron chi connectivity index (χ1n) is 13.4. The Morgan fingerprint density at radius 3 is 2.48 bits per heavy atom. The number of aliphatic hydroxyl groups is 3. The Labute approximate surface area is 191 Å². The van der Waals surface area contributed by atoms with Gasteiger partial charge in [0.25, 0.3) is 0 Å². The number of aliphatic hydroxyl groups excluding tert-OH is 2. The maximum Gasteiger partial charge on any atom is 0.0641 e. The zero-order chi connectivity index (χ0) is 22.9. The molecule has 0 amide bonds.